The van der Waals surface area contributed by atoms with E-state index < -0.39 is 0 Å². The minimum Gasteiger partial charge on any atom is -0.699 e. The van der Waals surface area contributed by atoms with Crippen molar-refractivity contribution in [3.8, 4) is 0 Å². The third-order valence-corrected chi connectivity index (χ3v) is 0.774. The van der Waals surface area contributed by atoms with E-state index >= 15 is 0 Å². The van der Waals surface area contributed by atoms with Gasteiger partial charge in [-0.1, -0.05) is 30.3 Å². The van der Waals surface area contributed by atoms with Gasteiger partial charge in [0.05, 0.1) is 0 Å². The summed E-state index contributed by atoms with van der Waals surface area (Å²) in [6.07, 6.45) is 0. The molecule has 7 heteroatoms. The van der Waals surface area contributed by atoms with Crippen LogP contribution in [0.2, 0.25) is 0 Å². The molecule has 0 aliphatic rings. The molecule has 0 atom stereocenters. The predicted molar refractivity (Wildman–Crippen MR) is 50.1 cm³/mol. The third-order valence-electron chi connectivity index (χ3n) is 0.774. The van der Waals surface area contributed by atoms with E-state index in [1.54, 1.807) is 12.1 Å². The van der Waals surface area contributed by atoms with Crippen LogP contribution < -0.4 is 0 Å². The van der Waals surface area contributed by atoms with Crippen LogP contribution in [0.3, 0.4) is 0 Å². The molecule has 0 aliphatic heterocycles. The normalized spacial score (nSPS) is 3.89. The molecule has 0 spiro atoms. The first-order chi connectivity index (χ1) is 8.39. The average Bonchev–Trinajstić information content (AvgIpc) is 2.50. The molecule has 1 rings (SSSR count). The van der Waals surface area contributed by atoms with E-state index in [9.17, 15) is 0 Å². The van der Waals surface area contributed by atoms with Gasteiger partial charge in [0.2, 0.25) is 0 Å². The van der Waals surface area contributed by atoms with E-state index in [1.165, 1.54) is 0 Å². The van der Waals surface area contributed by atoms with Gasteiger partial charge < -0.3 is 5.73 Å². The van der Waals surface area contributed by atoms with Crippen molar-refractivity contribution in [3.63, 3.8) is 0 Å². The minimum absolute atomic E-state index is 0. The Labute approximate surface area is 116 Å². The van der Waals surface area contributed by atoms with Crippen molar-refractivity contribution in [1.29, 1.82) is 0 Å². The maximum absolute atomic E-state index is 7.50. The van der Waals surface area contributed by atoms with E-state index in [4.69, 9.17) is 29.0 Å². The molecule has 92 valence electrons. The first kappa shape index (κ1) is 36.0. The summed E-state index contributed by atoms with van der Waals surface area (Å²) < 4.78 is 37.5. The largest absolute Gasteiger partial charge is 0.699 e. The molecule has 1 aromatic carbocycles. The molecule has 0 saturated heterocycles. The van der Waals surface area contributed by atoms with Crippen molar-refractivity contribution < 1.29 is 40.6 Å². The Morgan fingerprint density at radius 1 is 0.611 bits per heavy atom. The predicted octanol–water partition coefficient (Wildman–Crippen LogP) is 2.18. The zero-order valence-electron chi connectivity index (χ0n) is 8.84. The number of rotatable bonds is 0. The Kier molecular flexibility index (Phi) is 158. The molecular weight excluding hydrogens is 278 g/mol. The molecule has 0 bridgehead atoms. The minimum atomic E-state index is 0. The van der Waals surface area contributed by atoms with Gasteiger partial charge in [-0.15, -0.1) is 5.69 Å². The summed E-state index contributed by atoms with van der Waals surface area (Å²) in [5.74, 6) is 0. The van der Waals surface area contributed by atoms with Crippen LogP contribution in [0.5, 0.6) is 0 Å². The van der Waals surface area contributed by atoms with E-state index in [0.717, 1.165) is 0 Å². The molecule has 1 N–H and O–H groups in total. The van der Waals surface area contributed by atoms with Crippen LogP contribution >= 0.6 is 0 Å². The molecule has 0 radical (unpaired) electrons. The summed E-state index contributed by atoms with van der Waals surface area (Å²) in [6.45, 7) is 22.5. The van der Waals surface area contributed by atoms with Gasteiger partial charge in [0, 0.05) is 17.4 Å². The molecule has 0 aromatic heterocycles. The zero-order chi connectivity index (χ0) is 15.1. The second-order valence-corrected chi connectivity index (χ2v) is 1.37. The summed E-state index contributed by atoms with van der Waals surface area (Å²) in [7, 11) is 0. The monoisotopic (exact) mass is 284 g/mol. The average molecular weight is 284 g/mol. The molecule has 0 fully saturated rings. The first-order valence-electron chi connectivity index (χ1n) is 3.18. The fourth-order valence-corrected chi connectivity index (χ4v) is 0.438. The molecule has 0 saturated carbocycles. The number of nitrogens with one attached hydrogen (secondary N) is 1. The molecule has 1 aromatic rings. The van der Waals surface area contributed by atoms with Crippen LogP contribution in [0.1, 0.15) is 0 Å². The van der Waals surface area contributed by atoms with Gasteiger partial charge >= 0.3 is 56.5 Å². The maximum atomic E-state index is 7.50. The number of hydrogen-bond acceptors (Lipinski definition) is 0. The Bertz CT molecular complexity index is 281. The Morgan fingerprint density at radius 2 is 0.833 bits per heavy atom. The van der Waals surface area contributed by atoms with Gasteiger partial charge in [0.15, 0.2) is 0 Å². The maximum Gasteiger partial charge on any atom is 0 e. The third kappa shape index (κ3) is 64.0. The van der Waals surface area contributed by atoms with Crippen LogP contribution in [0.15, 0.2) is 30.3 Å². The van der Waals surface area contributed by atoms with Gasteiger partial charge in [-0.3, -0.25) is 0 Å². The summed E-state index contributed by atoms with van der Waals surface area (Å²) >= 11 is 0. The standard InChI is InChI=1S/C6H6N.5CO.Cr/c7-6-4-2-1-3-5-6;5*1-2;/h1-5,7H;;;;;;/q-1;;;;;;. The molecule has 0 heterocycles. The fraction of sp³-hybridized carbons (Fsp3) is 0. The second kappa shape index (κ2) is 79.3. The molecule has 0 aliphatic carbocycles. The summed E-state index contributed by atoms with van der Waals surface area (Å²) in [6, 6.07) is 9.10. The quantitative estimate of drug-likeness (QED) is 0.511. The summed E-state index contributed by atoms with van der Waals surface area (Å²) in [4.78, 5) is 0. The van der Waals surface area contributed by atoms with Crippen molar-refractivity contribution in [2.45, 2.75) is 0 Å². The van der Waals surface area contributed by atoms with Crippen LogP contribution in [0, 0.1) is 33.3 Å². The van der Waals surface area contributed by atoms with Crippen LogP contribution in [0.25, 0.3) is 5.73 Å². The molecule has 18 heavy (non-hydrogen) atoms. The fourth-order valence-electron chi connectivity index (χ4n) is 0.438. The van der Waals surface area contributed by atoms with Gasteiger partial charge in [-0.05, 0) is 0 Å². The number of hydrogen-bond donors (Lipinski definition) is 0. The van der Waals surface area contributed by atoms with E-state index in [-0.39, 0.29) is 17.4 Å². The van der Waals surface area contributed by atoms with Gasteiger partial charge in [0.25, 0.3) is 0 Å². The van der Waals surface area contributed by atoms with E-state index in [1.807, 2.05) is 18.2 Å². The van der Waals surface area contributed by atoms with E-state index in [0.29, 0.717) is 5.69 Å². The van der Waals surface area contributed by atoms with Crippen molar-refractivity contribution in [1.82, 2.24) is 0 Å². The van der Waals surface area contributed by atoms with Crippen molar-refractivity contribution in [2.24, 2.45) is 0 Å². The van der Waals surface area contributed by atoms with Crippen LogP contribution in [-0.4, -0.2) is 0 Å². The van der Waals surface area contributed by atoms with Crippen LogP contribution in [0.4, 0.5) is 5.69 Å². The van der Waals surface area contributed by atoms with Crippen molar-refractivity contribution in [3.05, 3.63) is 69.3 Å². The zero-order valence-corrected chi connectivity index (χ0v) is 10.1. The van der Waals surface area contributed by atoms with Gasteiger partial charge in [0.1, 0.15) is 0 Å². The first-order valence-corrected chi connectivity index (χ1v) is 3.18. The topological polar surface area (TPSA) is 123 Å². The van der Waals surface area contributed by atoms with Crippen molar-refractivity contribution >= 4 is 5.69 Å². The Balaban J connectivity index is -0.0000000285. The molecule has 0 amide bonds. The Hall–Kier alpha value is -1.75. The smallest absolute Gasteiger partial charge is 0 e. The SMILES string of the molecule is [C-]#[O+].[C-]#[O+].[C-]#[O+].[C-]#[O+].[C-]#[O+].[Cr].[NH-]c1ccccc1. The summed E-state index contributed by atoms with van der Waals surface area (Å²) in [5.41, 5.74) is 7.57. The Morgan fingerprint density at radius 3 is 0.944 bits per heavy atom. The summed E-state index contributed by atoms with van der Waals surface area (Å²) in [5, 5.41) is 0. The molecular formula is C11H6CrNO5-. The van der Waals surface area contributed by atoms with Crippen molar-refractivity contribution in [2.75, 3.05) is 0 Å². The second-order valence-electron chi connectivity index (χ2n) is 1.37. The molecule has 6 nitrogen and oxygen atoms in total. The van der Waals surface area contributed by atoms with Crippen LogP contribution in [-0.2, 0) is 40.6 Å². The van der Waals surface area contributed by atoms with E-state index in [2.05, 4.69) is 33.3 Å². The molecule has 0 unspecified atom stereocenters. The number of benzene rings is 1. The van der Waals surface area contributed by atoms with Gasteiger partial charge in [-0.2, -0.15) is 0 Å². The van der Waals surface area contributed by atoms with Gasteiger partial charge in [-0.25, -0.2) is 0 Å².